The Labute approximate surface area is 259 Å². The molecule has 0 bridgehead atoms. The van der Waals surface area contributed by atoms with Crippen molar-refractivity contribution < 1.29 is 31.9 Å². The summed E-state index contributed by atoms with van der Waals surface area (Å²) >= 11 is 1.14. The summed E-state index contributed by atoms with van der Waals surface area (Å²) in [7, 11) is 0. The number of nitrogens with zero attached hydrogens (tertiary/aromatic N) is 5. The molecule has 1 saturated heterocycles. The molecule has 0 aliphatic carbocycles. The van der Waals surface area contributed by atoms with E-state index in [9.17, 15) is 27.2 Å². The third-order valence-corrected chi connectivity index (χ3v) is 7.39. The second-order valence-electron chi connectivity index (χ2n) is 9.89. The van der Waals surface area contributed by atoms with Gasteiger partial charge in [-0.15, -0.1) is 18.3 Å². The number of anilines is 2. The Morgan fingerprint density at radius 2 is 1.89 bits per heavy atom. The summed E-state index contributed by atoms with van der Waals surface area (Å²) in [6.07, 6.45) is 1.31. The topological polar surface area (TPSA) is 102 Å². The Bertz CT molecular complexity index is 1790. The van der Waals surface area contributed by atoms with E-state index in [1.165, 1.54) is 46.3 Å². The van der Waals surface area contributed by atoms with Crippen LogP contribution < -0.4 is 15.0 Å². The van der Waals surface area contributed by atoms with Crippen molar-refractivity contribution in [2.24, 2.45) is 4.99 Å². The predicted molar refractivity (Wildman–Crippen MR) is 165 cm³/mol. The Morgan fingerprint density at radius 1 is 1.11 bits per heavy atom. The molecule has 1 aromatic heterocycles. The molecule has 5 rings (SSSR count). The summed E-state index contributed by atoms with van der Waals surface area (Å²) in [6.45, 7) is 3.96. The molecule has 0 unspecified atom stereocenters. The van der Waals surface area contributed by atoms with E-state index in [0.717, 1.165) is 47.9 Å². The highest BCUT2D eigenvalue weighted by Gasteiger charge is 2.32. The van der Waals surface area contributed by atoms with Crippen molar-refractivity contribution in [2.75, 3.05) is 16.0 Å². The third kappa shape index (κ3) is 7.95. The standard InChI is InChI=1S/C31H26F4N6O3S/c1-3-4-21-8-5-19(2)15-26(21)41-28(42)17-45-30(41)38-29(43)37-25-13-6-20(16-24(25)32)7-14-27-36-18-40(39-27)22-9-11-23(12-10-22)44-31(33,34)35/h5-16,18H,3-4,17H2,1-2H3,(H,37,43). The van der Waals surface area contributed by atoms with Crippen LogP contribution in [0.3, 0.4) is 0 Å². The number of hydrogen-bond acceptors (Lipinski definition) is 6. The van der Waals surface area contributed by atoms with Crippen molar-refractivity contribution in [2.45, 2.75) is 33.1 Å². The number of amides is 3. The smallest absolute Gasteiger partial charge is 0.406 e. The molecular formula is C31H26F4N6O3S. The van der Waals surface area contributed by atoms with Gasteiger partial charge in [0.25, 0.3) is 0 Å². The van der Waals surface area contributed by atoms with Gasteiger partial charge in [0.1, 0.15) is 17.9 Å². The minimum atomic E-state index is -4.79. The molecule has 1 aliphatic rings. The van der Waals surface area contributed by atoms with Crippen molar-refractivity contribution in [3.8, 4) is 11.4 Å². The first-order chi connectivity index (χ1) is 21.5. The van der Waals surface area contributed by atoms with Crippen molar-refractivity contribution in [1.29, 1.82) is 0 Å². The Kier molecular flexibility index (Phi) is 9.32. The number of carbonyl (C=O) groups excluding carboxylic acids is 2. The van der Waals surface area contributed by atoms with E-state index in [0.29, 0.717) is 16.9 Å². The zero-order chi connectivity index (χ0) is 32.1. The number of aliphatic imine (C=N–C) groups is 1. The number of halogens is 4. The average Bonchev–Trinajstić information content (AvgIpc) is 3.60. The highest BCUT2D eigenvalue weighted by atomic mass is 32.2. The quantitative estimate of drug-likeness (QED) is 0.202. The molecular weight excluding hydrogens is 612 g/mol. The molecule has 2 heterocycles. The summed E-state index contributed by atoms with van der Waals surface area (Å²) < 4.78 is 57.3. The number of nitrogens with one attached hydrogen (secondary N) is 1. The molecule has 3 aromatic carbocycles. The fourth-order valence-electron chi connectivity index (χ4n) is 4.46. The van der Waals surface area contributed by atoms with Gasteiger partial charge in [0.15, 0.2) is 11.0 Å². The van der Waals surface area contributed by atoms with E-state index in [-0.39, 0.29) is 34.1 Å². The zero-order valence-electron chi connectivity index (χ0n) is 24.0. The van der Waals surface area contributed by atoms with Crippen LogP contribution in [0.4, 0.5) is 33.7 Å². The van der Waals surface area contributed by atoms with Gasteiger partial charge in [-0.3, -0.25) is 9.69 Å². The molecule has 3 amide bonds. The minimum absolute atomic E-state index is 0.0926. The van der Waals surface area contributed by atoms with Crippen LogP contribution in [-0.2, 0) is 11.2 Å². The lowest BCUT2D eigenvalue weighted by atomic mass is 10.0. The maximum absolute atomic E-state index is 14.9. The third-order valence-electron chi connectivity index (χ3n) is 6.47. The number of aryl methyl sites for hydroxylation is 2. The lowest BCUT2D eigenvalue weighted by Gasteiger charge is -2.20. The first-order valence-corrected chi connectivity index (χ1v) is 14.7. The molecule has 0 saturated carbocycles. The highest BCUT2D eigenvalue weighted by Crippen LogP contribution is 2.32. The largest absolute Gasteiger partial charge is 0.573 e. The fraction of sp³-hybridized carbons (Fsp3) is 0.194. The summed E-state index contributed by atoms with van der Waals surface area (Å²) in [5.41, 5.74) is 3.44. The summed E-state index contributed by atoms with van der Waals surface area (Å²) in [4.78, 5) is 35.2. The zero-order valence-corrected chi connectivity index (χ0v) is 24.8. The Hall–Kier alpha value is -4.98. The Balaban J connectivity index is 1.25. The molecule has 232 valence electrons. The van der Waals surface area contributed by atoms with Crippen LogP contribution in [0.15, 0.2) is 72.0 Å². The SMILES string of the molecule is CCCc1ccc(C)cc1N1C(=O)CSC1=NC(=O)Nc1ccc(C=Cc2ncn(-c3ccc(OC(F)(F)F)cc3)n2)cc1F. The molecule has 1 N–H and O–H groups in total. The molecule has 9 nitrogen and oxygen atoms in total. The minimum Gasteiger partial charge on any atom is -0.406 e. The van der Waals surface area contributed by atoms with Crippen LogP contribution in [0.25, 0.3) is 17.8 Å². The lowest BCUT2D eigenvalue weighted by molar-refractivity contribution is -0.274. The maximum Gasteiger partial charge on any atom is 0.573 e. The van der Waals surface area contributed by atoms with Gasteiger partial charge in [0.05, 0.1) is 22.8 Å². The summed E-state index contributed by atoms with van der Waals surface area (Å²) in [5, 5.41) is 6.90. The van der Waals surface area contributed by atoms with Gasteiger partial charge in [-0.05, 0) is 78.6 Å². The van der Waals surface area contributed by atoms with Crippen molar-refractivity contribution in [3.63, 3.8) is 0 Å². The fourth-order valence-corrected chi connectivity index (χ4v) is 5.32. The molecule has 14 heteroatoms. The van der Waals surface area contributed by atoms with Crippen LogP contribution in [0, 0.1) is 12.7 Å². The first kappa shape index (κ1) is 31.4. The van der Waals surface area contributed by atoms with Gasteiger partial charge >= 0.3 is 12.4 Å². The number of hydrogen-bond donors (Lipinski definition) is 1. The number of thioether (sulfide) groups is 1. The van der Waals surface area contributed by atoms with E-state index in [2.05, 4.69) is 25.1 Å². The number of amidine groups is 1. The number of urea groups is 1. The summed E-state index contributed by atoms with van der Waals surface area (Å²) in [6, 6.07) is 14.3. The predicted octanol–water partition coefficient (Wildman–Crippen LogP) is 7.40. The molecule has 1 fully saturated rings. The molecule has 0 spiro atoms. The van der Waals surface area contributed by atoms with Gasteiger partial charge in [0, 0.05) is 0 Å². The normalized spacial score (nSPS) is 14.5. The molecule has 1 aliphatic heterocycles. The van der Waals surface area contributed by atoms with Crippen LogP contribution >= 0.6 is 11.8 Å². The van der Waals surface area contributed by atoms with E-state index in [1.807, 2.05) is 32.0 Å². The van der Waals surface area contributed by atoms with Crippen LogP contribution in [0.1, 0.15) is 35.9 Å². The highest BCUT2D eigenvalue weighted by molar-refractivity contribution is 8.15. The van der Waals surface area contributed by atoms with Crippen molar-refractivity contribution >= 4 is 52.4 Å². The molecule has 4 aromatic rings. The van der Waals surface area contributed by atoms with Gasteiger partial charge in [-0.25, -0.2) is 18.9 Å². The van der Waals surface area contributed by atoms with Gasteiger partial charge in [-0.2, -0.15) is 4.99 Å². The van der Waals surface area contributed by atoms with Gasteiger partial charge in [0.2, 0.25) is 5.91 Å². The lowest BCUT2D eigenvalue weighted by Crippen LogP contribution is -2.31. The van der Waals surface area contributed by atoms with Crippen LogP contribution in [0.5, 0.6) is 5.75 Å². The molecule has 45 heavy (non-hydrogen) atoms. The van der Waals surface area contributed by atoms with Gasteiger partial charge in [-0.1, -0.05) is 49.4 Å². The first-order valence-electron chi connectivity index (χ1n) is 13.7. The number of rotatable bonds is 8. The number of aromatic nitrogens is 3. The van der Waals surface area contributed by atoms with Crippen LogP contribution in [0.2, 0.25) is 0 Å². The number of carbonyl (C=O) groups is 2. The van der Waals surface area contributed by atoms with E-state index < -0.39 is 18.2 Å². The van der Waals surface area contributed by atoms with Crippen molar-refractivity contribution in [1.82, 2.24) is 14.8 Å². The van der Waals surface area contributed by atoms with E-state index >= 15 is 0 Å². The number of alkyl halides is 3. The van der Waals surface area contributed by atoms with Crippen molar-refractivity contribution in [3.05, 3.63) is 95.3 Å². The second-order valence-corrected chi connectivity index (χ2v) is 10.8. The number of ether oxygens (including phenoxy) is 1. The van der Waals surface area contributed by atoms with Crippen LogP contribution in [-0.4, -0.2) is 44.0 Å². The van der Waals surface area contributed by atoms with E-state index in [1.54, 1.807) is 12.1 Å². The van der Waals surface area contributed by atoms with Gasteiger partial charge < -0.3 is 10.1 Å². The molecule has 0 atom stereocenters. The monoisotopic (exact) mass is 638 g/mol. The Morgan fingerprint density at radius 3 is 2.60 bits per heavy atom. The molecule has 0 radical (unpaired) electrons. The van der Waals surface area contributed by atoms with E-state index in [4.69, 9.17) is 0 Å². The number of benzene rings is 3. The second kappa shape index (κ2) is 13.3. The maximum atomic E-state index is 14.9. The average molecular weight is 639 g/mol. The summed E-state index contributed by atoms with van der Waals surface area (Å²) in [5.74, 6) is -0.857.